The SMILES string of the molecule is Cc1ccc(C[C@H]2CCC[C@H](NC(=O)OC(C)(C)C)C(=O)O[C@@H](C)[C@@H]2OCC2CC2)cc1. The van der Waals surface area contributed by atoms with E-state index in [1.54, 1.807) is 20.8 Å². The van der Waals surface area contributed by atoms with Gasteiger partial charge in [0, 0.05) is 6.61 Å². The molecule has 1 aliphatic heterocycles. The number of aryl methyl sites for hydroxylation is 1. The summed E-state index contributed by atoms with van der Waals surface area (Å²) in [7, 11) is 0. The van der Waals surface area contributed by atoms with Gasteiger partial charge in [-0.05, 0) is 84.1 Å². The number of hydrogen-bond acceptors (Lipinski definition) is 5. The summed E-state index contributed by atoms with van der Waals surface area (Å²) in [5.74, 6) is 0.450. The predicted molar refractivity (Wildman–Crippen MR) is 123 cm³/mol. The minimum Gasteiger partial charge on any atom is -0.458 e. The lowest BCUT2D eigenvalue weighted by molar-refractivity contribution is -0.161. The number of carbonyl (C=O) groups excluding carboxylic acids is 2. The molecule has 0 bridgehead atoms. The van der Waals surface area contributed by atoms with Crippen LogP contribution in [-0.2, 0) is 25.4 Å². The molecule has 0 unspecified atom stereocenters. The van der Waals surface area contributed by atoms with Crippen molar-refractivity contribution in [3.63, 3.8) is 0 Å². The lowest BCUT2D eigenvalue weighted by Gasteiger charge is -2.31. The number of esters is 1. The van der Waals surface area contributed by atoms with Crippen LogP contribution in [0.2, 0.25) is 0 Å². The maximum absolute atomic E-state index is 12.9. The van der Waals surface area contributed by atoms with Gasteiger partial charge < -0.3 is 19.5 Å². The van der Waals surface area contributed by atoms with Crippen LogP contribution < -0.4 is 5.32 Å². The Kier molecular flexibility index (Phi) is 8.21. The Labute approximate surface area is 192 Å². The lowest BCUT2D eigenvalue weighted by Crippen LogP contribution is -2.46. The summed E-state index contributed by atoms with van der Waals surface area (Å²) in [5, 5.41) is 2.71. The number of nitrogens with one attached hydrogen (secondary N) is 1. The molecular weight excluding hydrogens is 406 g/mol. The molecule has 2 aliphatic rings. The maximum Gasteiger partial charge on any atom is 0.408 e. The third-order valence-corrected chi connectivity index (χ3v) is 6.11. The summed E-state index contributed by atoms with van der Waals surface area (Å²) in [6.07, 6.45) is 4.37. The van der Waals surface area contributed by atoms with Gasteiger partial charge >= 0.3 is 12.1 Å². The highest BCUT2D eigenvalue weighted by molar-refractivity contribution is 5.81. The Hall–Kier alpha value is -2.08. The first-order chi connectivity index (χ1) is 15.1. The van der Waals surface area contributed by atoms with Crippen LogP contribution in [0.15, 0.2) is 24.3 Å². The molecule has 178 valence electrons. The van der Waals surface area contributed by atoms with Crippen LogP contribution in [0.25, 0.3) is 0 Å². The van der Waals surface area contributed by atoms with Gasteiger partial charge in [-0.25, -0.2) is 9.59 Å². The van der Waals surface area contributed by atoms with Crippen molar-refractivity contribution < 1.29 is 23.8 Å². The van der Waals surface area contributed by atoms with Crippen molar-refractivity contribution in [1.29, 1.82) is 0 Å². The molecule has 4 atom stereocenters. The van der Waals surface area contributed by atoms with E-state index in [0.29, 0.717) is 12.3 Å². The smallest absolute Gasteiger partial charge is 0.408 e. The number of ether oxygens (including phenoxy) is 3. The molecule has 1 aromatic carbocycles. The second-order valence-corrected chi connectivity index (χ2v) is 10.5. The van der Waals surface area contributed by atoms with E-state index in [0.717, 1.165) is 25.9 Å². The van der Waals surface area contributed by atoms with E-state index < -0.39 is 29.8 Å². The highest BCUT2D eigenvalue weighted by Gasteiger charge is 2.36. The summed E-state index contributed by atoms with van der Waals surface area (Å²) in [6, 6.07) is 7.89. The molecule has 1 aliphatic carbocycles. The van der Waals surface area contributed by atoms with Gasteiger partial charge in [0.15, 0.2) is 0 Å². The average Bonchev–Trinajstić information content (AvgIpc) is 3.50. The van der Waals surface area contributed by atoms with Crippen molar-refractivity contribution >= 4 is 12.1 Å². The Morgan fingerprint density at radius 2 is 1.81 bits per heavy atom. The normalized spacial score (nSPS) is 27.0. The average molecular weight is 446 g/mol. The Balaban J connectivity index is 1.71. The highest BCUT2D eigenvalue weighted by Crippen LogP contribution is 2.33. The molecular formula is C26H39NO5. The molecule has 0 spiro atoms. The fraction of sp³-hybridized carbons (Fsp3) is 0.692. The summed E-state index contributed by atoms with van der Waals surface area (Å²) >= 11 is 0. The van der Waals surface area contributed by atoms with Crippen LogP contribution in [0.5, 0.6) is 0 Å². The number of benzene rings is 1. The Bertz CT molecular complexity index is 765. The van der Waals surface area contributed by atoms with Crippen LogP contribution in [-0.4, -0.2) is 42.5 Å². The Morgan fingerprint density at radius 1 is 1.12 bits per heavy atom. The van der Waals surface area contributed by atoms with Crippen molar-refractivity contribution in [2.24, 2.45) is 11.8 Å². The number of rotatable bonds is 6. The van der Waals surface area contributed by atoms with Gasteiger partial charge in [-0.15, -0.1) is 0 Å². The maximum atomic E-state index is 12.9. The molecule has 6 nitrogen and oxygen atoms in total. The summed E-state index contributed by atoms with van der Waals surface area (Å²) in [6.45, 7) is 10.1. The van der Waals surface area contributed by atoms with Crippen molar-refractivity contribution in [3.8, 4) is 0 Å². The van der Waals surface area contributed by atoms with Crippen LogP contribution in [0.4, 0.5) is 4.79 Å². The molecule has 2 fully saturated rings. The van der Waals surface area contributed by atoms with Crippen molar-refractivity contribution in [2.75, 3.05) is 6.61 Å². The molecule has 1 aromatic rings. The molecule has 1 amide bonds. The minimum atomic E-state index is -0.713. The molecule has 1 saturated heterocycles. The fourth-order valence-electron chi connectivity index (χ4n) is 4.21. The highest BCUT2D eigenvalue weighted by atomic mass is 16.6. The van der Waals surface area contributed by atoms with Crippen LogP contribution in [0.3, 0.4) is 0 Å². The zero-order valence-corrected chi connectivity index (χ0v) is 20.2. The van der Waals surface area contributed by atoms with Gasteiger partial charge in [0.2, 0.25) is 0 Å². The van der Waals surface area contributed by atoms with Crippen LogP contribution in [0, 0.1) is 18.8 Å². The second kappa shape index (κ2) is 10.7. The zero-order chi connectivity index (χ0) is 23.3. The molecule has 0 aromatic heterocycles. The van der Waals surface area contributed by atoms with Gasteiger partial charge in [0.25, 0.3) is 0 Å². The second-order valence-electron chi connectivity index (χ2n) is 10.5. The first-order valence-corrected chi connectivity index (χ1v) is 12.0. The molecule has 1 N–H and O–H groups in total. The number of carbonyl (C=O) groups is 2. The topological polar surface area (TPSA) is 73.9 Å². The molecule has 0 radical (unpaired) electrons. The number of cyclic esters (lactones) is 1. The van der Waals surface area contributed by atoms with E-state index in [1.807, 2.05) is 6.92 Å². The number of hydrogen-bond donors (Lipinski definition) is 1. The van der Waals surface area contributed by atoms with E-state index in [2.05, 4.69) is 36.5 Å². The quantitative estimate of drug-likeness (QED) is 0.627. The van der Waals surface area contributed by atoms with Crippen molar-refractivity contribution in [1.82, 2.24) is 5.32 Å². The van der Waals surface area contributed by atoms with Crippen LogP contribution >= 0.6 is 0 Å². The largest absolute Gasteiger partial charge is 0.458 e. The van der Waals surface area contributed by atoms with Crippen molar-refractivity contribution in [2.45, 2.75) is 97.0 Å². The number of alkyl carbamates (subject to hydrolysis) is 1. The van der Waals surface area contributed by atoms with Gasteiger partial charge in [-0.1, -0.05) is 36.2 Å². The number of amides is 1. The molecule has 3 rings (SSSR count). The monoisotopic (exact) mass is 445 g/mol. The molecule has 32 heavy (non-hydrogen) atoms. The molecule has 1 heterocycles. The predicted octanol–water partition coefficient (Wildman–Crippen LogP) is 4.96. The third-order valence-electron chi connectivity index (χ3n) is 6.11. The van der Waals surface area contributed by atoms with E-state index in [4.69, 9.17) is 14.2 Å². The van der Waals surface area contributed by atoms with E-state index in [-0.39, 0.29) is 12.0 Å². The summed E-state index contributed by atoms with van der Waals surface area (Å²) < 4.78 is 17.5. The van der Waals surface area contributed by atoms with Gasteiger partial charge in [0.05, 0.1) is 6.10 Å². The van der Waals surface area contributed by atoms with E-state index in [9.17, 15) is 9.59 Å². The van der Waals surface area contributed by atoms with Crippen LogP contribution in [0.1, 0.15) is 70.9 Å². The first-order valence-electron chi connectivity index (χ1n) is 12.0. The van der Waals surface area contributed by atoms with Gasteiger partial charge in [0.1, 0.15) is 17.7 Å². The summed E-state index contributed by atoms with van der Waals surface area (Å²) in [5.41, 5.74) is 1.88. The van der Waals surface area contributed by atoms with Gasteiger partial charge in [-0.3, -0.25) is 0 Å². The molecule has 6 heteroatoms. The fourth-order valence-corrected chi connectivity index (χ4v) is 4.21. The van der Waals surface area contributed by atoms with Crippen molar-refractivity contribution in [3.05, 3.63) is 35.4 Å². The van der Waals surface area contributed by atoms with E-state index >= 15 is 0 Å². The Morgan fingerprint density at radius 3 is 2.44 bits per heavy atom. The summed E-state index contributed by atoms with van der Waals surface area (Å²) in [4.78, 5) is 25.1. The van der Waals surface area contributed by atoms with Gasteiger partial charge in [-0.2, -0.15) is 0 Å². The lowest BCUT2D eigenvalue weighted by atomic mass is 9.86. The van der Waals surface area contributed by atoms with E-state index in [1.165, 1.54) is 24.0 Å². The standard InChI is InChI=1S/C26H39NO5/c1-17-9-11-19(12-10-17)15-21-7-6-8-22(27-25(29)32-26(3,4)5)24(28)31-18(2)23(21)30-16-20-13-14-20/h9-12,18,20-23H,6-8,13-16H2,1-5H3,(H,27,29)/t18-,21+,22-,23-/m0/s1. The molecule has 1 saturated carbocycles. The zero-order valence-electron chi connectivity index (χ0n) is 20.2. The minimum absolute atomic E-state index is 0.166. The third kappa shape index (κ3) is 7.80. The first kappa shape index (κ1) is 24.6.